The van der Waals surface area contributed by atoms with E-state index in [1.807, 2.05) is 60.7 Å². The smallest absolute Gasteiger partial charge is 0.171 e. The third-order valence-electron chi connectivity index (χ3n) is 5.44. The van der Waals surface area contributed by atoms with E-state index < -0.39 is 0 Å². The Balaban J connectivity index is 0.000000478. The van der Waals surface area contributed by atoms with Gasteiger partial charge in [0.2, 0.25) is 0 Å². The van der Waals surface area contributed by atoms with Crippen LogP contribution in [0.3, 0.4) is 0 Å². The first-order valence-electron chi connectivity index (χ1n) is 11.9. The quantitative estimate of drug-likeness (QED) is 0.116. The van der Waals surface area contributed by atoms with E-state index in [-0.39, 0.29) is 24.8 Å². The molecule has 0 unspecified atom stereocenters. The first-order chi connectivity index (χ1) is 17.5. The monoisotopic (exact) mass is 630 g/mol. The second-order valence-corrected chi connectivity index (χ2v) is 8.38. The van der Waals surface area contributed by atoms with E-state index in [1.165, 1.54) is 67.1 Å². The number of rotatable bonds is 0. The minimum atomic E-state index is 0. The summed E-state index contributed by atoms with van der Waals surface area (Å²) in [5.41, 5.74) is 5.45. The van der Waals surface area contributed by atoms with Crippen LogP contribution in [0.5, 0.6) is 0 Å². The Hall–Kier alpha value is -2.22. The van der Waals surface area contributed by atoms with Crippen LogP contribution in [0.15, 0.2) is 121 Å². The summed E-state index contributed by atoms with van der Waals surface area (Å²) in [6.07, 6.45) is 0. The molecule has 0 aliphatic heterocycles. The third kappa shape index (κ3) is 12.5. The van der Waals surface area contributed by atoms with E-state index in [1.54, 1.807) is 0 Å². The van der Waals surface area contributed by atoms with Crippen molar-refractivity contribution in [2.24, 2.45) is 0 Å². The normalized spacial score (nSPS) is 8.82. The first-order valence-corrected chi connectivity index (χ1v) is 16.1. The van der Waals surface area contributed by atoms with E-state index in [0.29, 0.717) is 0 Å². The summed E-state index contributed by atoms with van der Waals surface area (Å²) in [7, 11) is 0. The Kier molecular flexibility index (Phi) is 19.5. The van der Waals surface area contributed by atoms with Crippen molar-refractivity contribution < 1.29 is 23.3 Å². The average Bonchev–Trinajstić information content (AvgIpc) is 3.51. The summed E-state index contributed by atoms with van der Waals surface area (Å²) < 4.78 is 0. The number of halogens is 2. The van der Waals surface area contributed by atoms with Gasteiger partial charge in [-0.25, -0.2) is 0 Å². The van der Waals surface area contributed by atoms with Gasteiger partial charge in [0.15, 0.2) is 0 Å². The van der Waals surface area contributed by atoms with Crippen molar-refractivity contribution in [2.45, 2.75) is 27.7 Å². The number of fused-ring (bicyclic) bond motifs is 2. The zero-order valence-electron chi connectivity index (χ0n) is 22.4. The van der Waals surface area contributed by atoms with Crippen LogP contribution in [0.1, 0.15) is 22.3 Å². The minimum absolute atomic E-state index is 0. The first kappa shape index (κ1) is 35.8. The molecule has 0 atom stereocenters. The van der Waals surface area contributed by atoms with Crippen LogP contribution < -0.4 is 0 Å². The maximum Gasteiger partial charge on any atom is -0.171 e. The Morgan fingerprint density at radius 2 is 0.868 bits per heavy atom. The molecule has 0 amide bonds. The molecule has 0 aliphatic rings. The summed E-state index contributed by atoms with van der Waals surface area (Å²) in [4.78, 5) is 0. The van der Waals surface area contributed by atoms with Gasteiger partial charge in [-0.05, 0) is 13.8 Å². The second kappa shape index (κ2) is 20.7. The maximum absolute atomic E-state index is 3.06. The molecule has 0 spiro atoms. The molecule has 0 aromatic heterocycles. The predicted molar refractivity (Wildman–Crippen MR) is 169 cm³/mol. The predicted octanol–water partition coefficient (Wildman–Crippen LogP) is 9.78. The van der Waals surface area contributed by atoms with Crippen LogP contribution in [0.2, 0.25) is 0 Å². The van der Waals surface area contributed by atoms with Crippen molar-refractivity contribution in [3.8, 4) is 0 Å². The summed E-state index contributed by atoms with van der Waals surface area (Å²) in [6, 6.07) is 46.8. The molecule has 0 fully saturated rings. The molecule has 0 N–H and O–H groups in total. The van der Waals surface area contributed by atoms with Crippen LogP contribution in [0, 0.1) is 39.8 Å². The molecule has 2 radical (unpaired) electrons. The average molecular weight is 633 g/mol. The molecule has 0 aliphatic carbocycles. The summed E-state index contributed by atoms with van der Waals surface area (Å²) >= 11 is 1.36. The molecular formula is C34H34Cl2SiZr-4. The van der Waals surface area contributed by atoms with Crippen LogP contribution >= 0.6 is 24.8 Å². The molecular weight excluding hydrogens is 599 g/mol. The van der Waals surface area contributed by atoms with Crippen LogP contribution in [0.25, 0.3) is 21.5 Å². The van der Waals surface area contributed by atoms with E-state index in [0.717, 1.165) is 0 Å². The number of hydrogen-bond acceptors (Lipinski definition) is 0. The van der Waals surface area contributed by atoms with Gasteiger partial charge >= 0.3 is 30.2 Å². The molecule has 196 valence electrons. The topological polar surface area (TPSA) is 0 Å². The largest absolute Gasteiger partial charge is 0.184 e. The van der Waals surface area contributed by atoms with Gasteiger partial charge in [0, 0.05) is 0 Å². The van der Waals surface area contributed by atoms with Crippen molar-refractivity contribution in [1.82, 2.24) is 0 Å². The molecule has 0 heterocycles. The van der Waals surface area contributed by atoms with Gasteiger partial charge in [0.1, 0.15) is 0 Å². The fraction of sp³-hybridized carbons (Fsp3) is 0.118. The minimum Gasteiger partial charge on any atom is -0.184 e. The Bertz CT molecular complexity index is 1240. The van der Waals surface area contributed by atoms with E-state index in [4.69, 9.17) is 0 Å². The fourth-order valence-corrected chi connectivity index (χ4v) is 3.77. The van der Waals surface area contributed by atoms with Crippen LogP contribution in [0.4, 0.5) is 0 Å². The maximum atomic E-state index is 3.06. The van der Waals surface area contributed by atoms with Crippen molar-refractivity contribution in [2.75, 3.05) is 0 Å². The molecule has 0 bridgehead atoms. The summed E-state index contributed by atoms with van der Waals surface area (Å²) in [5, 5.41) is 5.51. The van der Waals surface area contributed by atoms with E-state index in [9.17, 15) is 0 Å². The van der Waals surface area contributed by atoms with Crippen LogP contribution in [-0.4, -0.2) is 6.88 Å². The summed E-state index contributed by atoms with van der Waals surface area (Å²) in [6.45, 7) is 11.6. The van der Waals surface area contributed by atoms with E-state index in [2.05, 4.69) is 107 Å². The van der Waals surface area contributed by atoms with Gasteiger partial charge in [-0.2, -0.15) is 84.9 Å². The molecule has 0 nitrogen and oxygen atoms in total. The van der Waals surface area contributed by atoms with Crippen molar-refractivity contribution in [1.29, 1.82) is 0 Å². The molecule has 6 rings (SSSR count). The Morgan fingerprint density at radius 3 is 1.11 bits per heavy atom. The zero-order valence-corrected chi connectivity index (χ0v) is 27.5. The Morgan fingerprint density at radius 1 is 0.526 bits per heavy atom. The molecule has 0 saturated heterocycles. The summed E-state index contributed by atoms with van der Waals surface area (Å²) in [5.74, 6) is 0. The van der Waals surface area contributed by atoms with Crippen LogP contribution in [-0.2, 0) is 23.3 Å². The molecule has 38 heavy (non-hydrogen) atoms. The SMILES string of the molecule is Cc1cc2c(C)cccc2[cH-]1.Cc1cc2c(C)cccc2[cH-]1.Cl.Cl.[Si]=[Zr].[c-]1ccccc1.[c-]1ccccc1. The van der Waals surface area contributed by atoms with Gasteiger partial charge in [-0.15, -0.1) is 93.9 Å². The Labute approximate surface area is 258 Å². The van der Waals surface area contributed by atoms with Gasteiger partial charge in [0.05, 0.1) is 0 Å². The third-order valence-corrected chi connectivity index (χ3v) is 5.44. The van der Waals surface area contributed by atoms with Gasteiger partial charge in [0.25, 0.3) is 0 Å². The molecule has 6 aromatic rings. The van der Waals surface area contributed by atoms with Gasteiger partial charge < -0.3 is 0 Å². The standard InChI is InChI=1S/2C11H11.2C6H5.2ClH.Si.Zr/c2*1-8-6-10-5-3-4-9(2)11(10)7-8;2*1-2-4-6-5-3-1;;;;/h2*3-7H,1-2H3;2*1-5H;2*1H;;/q4*-1;;;;. The van der Waals surface area contributed by atoms with Crippen molar-refractivity contribution >= 4 is 53.2 Å². The fourth-order valence-electron chi connectivity index (χ4n) is 3.77. The number of benzene rings is 4. The van der Waals surface area contributed by atoms with E-state index >= 15 is 0 Å². The van der Waals surface area contributed by atoms with Crippen molar-refractivity contribution in [3.63, 3.8) is 0 Å². The van der Waals surface area contributed by atoms with Crippen molar-refractivity contribution in [3.05, 3.63) is 156 Å². The second-order valence-electron chi connectivity index (χ2n) is 8.38. The molecule has 6 aromatic carbocycles. The number of aryl methyl sites for hydroxylation is 4. The molecule has 0 saturated carbocycles. The van der Waals surface area contributed by atoms with Gasteiger partial charge in [-0.3, -0.25) is 0 Å². The molecule has 4 heteroatoms. The zero-order chi connectivity index (χ0) is 26.2. The number of hydrogen-bond donors (Lipinski definition) is 0. The van der Waals surface area contributed by atoms with Gasteiger partial charge in [-0.1, -0.05) is 37.1 Å².